The van der Waals surface area contributed by atoms with Gasteiger partial charge in [0.15, 0.2) is 0 Å². The predicted molar refractivity (Wildman–Crippen MR) is 129 cm³/mol. The van der Waals surface area contributed by atoms with Crippen LogP contribution in [-0.2, 0) is 10.0 Å². The number of hydrogen-bond acceptors (Lipinski definition) is 6. The number of nitrogens with zero attached hydrogens (tertiary/aromatic N) is 3. The number of rotatable bonds is 6. The highest BCUT2D eigenvalue weighted by Crippen LogP contribution is 2.35. The highest BCUT2D eigenvalue weighted by molar-refractivity contribution is 7.93. The Bertz CT molecular complexity index is 1350. The number of aromatic nitrogens is 2. The second kappa shape index (κ2) is 8.52. The standard InChI is InChI=1S/C24H25N3O3S2/c1-15(2)18-8-10-20(11-9-18)27(5)32(28,29)21-12-13-31-22(21)24-25-23(26-30-24)19-7-6-16(3)17(4)14-19/h6-15H,1-5H3. The van der Waals surface area contributed by atoms with E-state index in [4.69, 9.17) is 4.52 Å². The first-order valence-corrected chi connectivity index (χ1v) is 12.6. The molecule has 0 bridgehead atoms. The van der Waals surface area contributed by atoms with Gasteiger partial charge >= 0.3 is 0 Å². The third-order valence-electron chi connectivity index (χ3n) is 5.58. The van der Waals surface area contributed by atoms with Crippen LogP contribution in [-0.4, -0.2) is 25.6 Å². The van der Waals surface area contributed by atoms with Crippen molar-refractivity contribution in [2.75, 3.05) is 11.4 Å². The van der Waals surface area contributed by atoms with Gasteiger partial charge in [0, 0.05) is 12.6 Å². The van der Waals surface area contributed by atoms with Crippen LogP contribution in [0.2, 0.25) is 0 Å². The number of anilines is 1. The molecule has 0 aliphatic heterocycles. The van der Waals surface area contributed by atoms with E-state index in [1.165, 1.54) is 21.2 Å². The first kappa shape index (κ1) is 22.2. The van der Waals surface area contributed by atoms with Crippen LogP contribution in [0.4, 0.5) is 5.69 Å². The monoisotopic (exact) mass is 467 g/mol. The first-order chi connectivity index (χ1) is 15.2. The minimum absolute atomic E-state index is 0.147. The van der Waals surface area contributed by atoms with E-state index >= 15 is 0 Å². The van der Waals surface area contributed by atoms with Crippen LogP contribution in [0.1, 0.15) is 36.5 Å². The van der Waals surface area contributed by atoms with Crippen LogP contribution in [0.15, 0.2) is 63.3 Å². The summed E-state index contributed by atoms with van der Waals surface area (Å²) in [6.07, 6.45) is 0. The van der Waals surface area contributed by atoms with Gasteiger partial charge in [-0.1, -0.05) is 43.3 Å². The maximum atomic E-state index is 13.4. The van der Waals surface area contributed by atoms with Crippen molar-refractivity contribution in [3.05, 3.63) is 70.6 Å². The van der Waals surface area contributed by atoms with Gasteiger partial charge in [-0.3, -0.25) is 4.31 Å². The zero-order valence-electron chi connectivity index (χ0n) is 18.7. The number of hydrogen-bond donors (Lipinski definition) is 0. The fraction of sp³-hybridized carbons (Fsp3) is 0.250. The maximum Gasteiger partial charge on any atom is 0.269 e. The van der Waals surface area contributed by atoms with E-state index in [1.807, 2.05) is 56.3 Å². The molecule has 4 aromatic rings. The molecule has 2 heterocycles. The molecule has 32 heavy (non-hydrogen) atoms. The van der Waals surface area contributed by atoms with Gasteiger partial charge in [-0.05, 0) is 66.1 Å². The lowest BCUT2D eigenvalue weighted by Gasteiger charge is -2.20. The van der Waals surface area contributed by atoms with Crippen molar-refractivity contribution in [1.82, 2.24) is 10.1 Å². The van der Waals surface area contributed by atoms with E-state index in [2.05, 4.69) is 24.0 Å². The molecular weight excluding hydrogens is 442 g/mol. The number of benzene rings is 2. The molecule has 2 aromatic carbocycles. The quantitative estimate of drug-likeness (QED) is 0.346. The molecule has 0 saturated heterocycles. The van der Waals surface area contributed by atoms with Crippen LogP contribution in [0.3, 0.4) is 0 Å². The number of thiophene rings is 1. The zero-order valence-corrected chi connectivity index (χ0v) is 20.3. The summed E-state index contributed by atoms with van der Waals surface area (Å²) in [7, 11) is -2.26. The molecule has 0 aliphatic rings. The van der Waals surface area contributed by atoms with Crippen molar-refractivity contribution in [2.24, 2.45) is 0 Å². The Kier molecular flexibility index (Phi) is 5.92. The summed E-state index contributed by atoms with van der Waals surface area (Å²) in [5.74, 6) is 0.992. The predicted octanol–water partition coefficient (Wildman–Crippen LogP) is 6.03. The van der Waals surface area contributed by atoms with Gasteiger partial charge in [0.25, 0.3) is 15.9 Å². The molecule has 0 aliphatic carbocycles. The van der Waals surface area contributed by atoms with Crippen LogP contribution < -0.4 is 4.31 Å². The Morgan fingerprint density at radius 3 is 2.38 bits per heavy atom. The molecule has 8 heteroatoms. The lowest BCUT2D eigenvalue weighted by molar-refractivity contribution is 0.432. The SMILES string of the molecule is Cc1ccc(-c2noc(-c3sccc3S(=O)(=O)N(C)c3ccc(C(C)C)cc3)n2)cc1C. The molecule has 0 atom stereocenters. The molecule has 0 unspecified atom stereocenters. The molecule has 0 N–H and O–H groups in total. The van der Waals surface area contributed by atoms with Gasteiger partial charge in [0.05, 0.1) is 5.69 Å². The van der Waals surface area contributed by atoms with Crippen LogP contribution >= 0.6 is 11.3 Å². The Labute approximate surface area is 192 Å². The molecule has 0 amide bonds. The molecule has 0 fully saturated rings. The molecule has 0 spiro atoms. The molecular formula is C24H25N3O3S2. The van der Waals surface area contributed by atoms with E-state index in [1.54, 1.807) is 18.5 Å². The Hall–Kier alpha value is -2.97. The van der Waals surface area contributed by atoms with Gasteiger partial charge in [-0.2, -0.15) is 4.98 Å². The van der Waals surface area contributed by atoms with Crippen molar-refractivity contribution >= 4 is 27.0 Å². The average molecular weight is 468 g/mol. The summed E-state index contributed by atoms with van der Waals surface area (Å²) >= 11 is 1.26. The van der Waals surface area contributed by atoms with Crippen molar-refractivity contribution < 1.29 is 12.9 Å². The van der Waals surface area contributed by atoms with E-state index < -0.39 is 10.0 Å². The Balaban J connectivity index is 1.67. The van der Waals surface area contributed by atoms with Crippen LogP contribution in [0, 0.1) is 13.8 Å². The lowest BCUT2D eigenvalue weighted by Crippen LogP contribution is -2.26. The van der Waals surface area contributed by atoms with E-state index in [9.17, 15) is 8.42 Å². The molecule has 0 saturated carbocycles. The van der Waals surface area contributed by atoms with Crippen LogP contribution in [0.5, 0.6) is 0 Å². The third-order valence-corrected chi connectivity index (χ3v) is 8.44. The van der Waals surface area contributed by atoms with E-state index in [0.29, 0.717) is 22.3 Å². The molecule has 2 aromatic heterocycles. The normalized spacial score (nSPS) is 11.8. The molecule has 0 radical (unpaired) electrons. The zero-order chi connectivity index (χ0) is 23.0. The van der Waals surface area contributed by atoms with Gasteiger partial charge in [0.1, 0.15) is 9.77 Å². The summed E-state index contributed by atoms with van der Waals surface area (Å²) in [5, 5.41) is 5.80. The van der Waals surface area contributed by atoms with Crippen LogP contribution in [0.25, 0.3) is 22.2 Å². The number of aryl methyl sites for hydroxylation is 2. The minimum Gasteiger partial charge on any atom is -0.333 e. The maximum absolute atomic E-state index is 13.4. The third kappa shape index (κ3) is 4.08. The lowest BCUT2D eigenvalue weighted by atomic mass is 10.0. The summed E-state index contributed by atoms with van der Waals surface area (Å²) in [4.78, 5) is 5.06. The van der Waals surface area contributed by atoms with E-state index in [0.717, 1.165) is 16.7 Å². The van der Waals surface area contributed by atoms with Gasteiger partial charge in [-0.15, -0.1) is 11.3 Å². The summed E-state index contributed by atoms with van der Waals surface area (Å²) in [5.41, 5.74) is 4.87. The second-order valence-corrected chi connectivity index (χ2v) is 10.9. The molecule has 166 valence electrons. The van der Waals surface area contributed by atoms with E-state index in [-0.39, 0.29) is 10.8 Å². The van der Waals surface area contributed by atoms with Crippen molar-refractivity contribution in [3.63, 3.8) is 0 Å². The highest BCUT2D eigenvalue weighted by Gasteiger charge is 2.28. The largest absolute Gasteiger partial charge is 0.333 e. The summed E-state index contributed by atoms with van der Waals surface area (Å²) < 4.78 is 33.6. The second-order valence-electron chi connectivity index (χ2n) is 8.05. The Morgan fingerprint density at radius 1 is 1.00 bits per heavy atom. The topological polar surface area (TPSA) is 76.3 Å². The summed E-state index contributed by atoms with van der Waals surface area (Å²) in [6.45, 7) is 8.26. The van der Waals surface area contributed by atoms with Crippen molar-refractivity contribution in [3.8, 4) is 22.2 Å². The van der Waals surface area contributed by atoms with Gasteiger partial charge < -0.3 is 4.52 Å². The first-order valence-electron chi connectivity index (χ1n) is 10.3. The smallest absolute Gasteiger partial charge is 0.269 e. The highest BCUT2D eigenvalue weighted by atomic mass is 32.2. The van der Waals surface area contributed by atoms with Gasteiger partial charge in [-0.25, -0.2) is 8.42 Å². The fourth-order valence-corrected chi connectivity index (χ4v) is 5.84. The van der Waals surface area contributed by atoms with Gasteiger partial charge in [0.2, 0.25) is 5.82 Å². The number of sulfonamides is 1. The molecule has 4 rings (SSSR count). The minimum atomic E-state index is -3.81. The Morgan fingerprint density at radius 2 is 1.72 bits per heavy atom. The fourth-order valence-electron chi connectivity index (χ4n) is 3.33. The van der Waals surface area contributed by atoms with Crippen molar-refractivity contribution in [1.29, 1.82) is 0 Å². The average Bonchev–Trinajstić information content (AvgIpc) is 3.45. The summed E-state index contributed by atoms with van der Waals surface area (Å²) in [6, 6.07) is 15.0. The molecule has 6 nitrogen and oxygen atoms in total. The van der Waals surface area contributed by atoms with Crippen molar-refractivity contribution in [2.45, 2.75) is 38.5 Å².